The lowest BCUT2D eigenvalue weighted by molar-refractivity contribution is -0.116. The second-order valence-corrected chi connectivity index (χ2v) is 4.70. The van der Waals surface area contributed by atoms with Crippen molar-refractivity contribution in [1.29, 1.82) is 0 Å². The summed E-state index contributed by atoms with van der Waals surface area (Å²) in [5.41, 5.74) is 2.50. The summed E-state index contributed by atoms with van der Waals surface area (Å²) in [4.78, 5) is 12.1. The number of nitrogens with zero attached hydrogens (tertiary/aromatic N) is 2. The van der Waals surface area contributed by atoms with E-state index in [4.69, 9.17) is 9.47 Å². The quantitative estimate of drug-likeness (QED) is 0.916. The Morgan fingerprint density at radius 2 is 1.90 bits per heavy atom. The van der Waals surface area contributed by atoms with Gasteiger partial charge in [0.15, 0.2) is 11.5 Å². The Morgan fingerprint density at radius 1 is 1.19 bits per heavy atom. The van der Waals surface area contributed by atoms with Crippen molar-refractivity contribution in [2.75, 3.05) is 19.5 Å². The summed E-state index contributed by atoms with van der Waals surface area (Å²) in [6.07, 6.45) is 0. The molecule has 6 heteroatoms. The third kappa shape index (κ3) is 3.53. The number of aryl methyl sites for hydroxylation is 2. The second kappa shape index (κ2) is 6.30. The van der Waals surface area contributed by atoms with Gasteiger partial charge in [0.25, 0.3) is 0 Å². The van der Waals surface area contributed by atoms with Crippen LogP contribution >= 0.6 is 0 Å². The first-order valence-corrected chi connectivity index (χ1v) is 6.56. The molecule has 0 unspecified atom stereocenters. The first kappa shape index (κ1) is 14.9. The van der Waals surface area contributed by atoms with Gasteiger partial charge in [-0.05, 0) is 32.0 Å². The van der Waals surface area contributed by atoms with E-state index in [1.165, 1.54) is 0 Å². The van der Waals surface area contributed by atoms with Crippen LogP contribution in [0.25, 0.3) is 0 Å². The van der Waals surface area contributed by atoms with Crippen molar-refractivity contribution < 1.29 is 14.3 Å². The van der Waals surface area contributed by atoms with Crippen LogP contribution < -0.4 is 14.8 Å². The van der Waals surface area contributed by atoms with Crippen LogP contribution in [0.5, 0.6) is 11.5 Å². The van der Waals surface area contributed by atoms with Crippen molar-refractivity contribution in [3.05, 3.63) is 35.7 Å². The average Bonchev–Trinajstić information content (AvgIpc) is 2.76. The molecule has 0 fully saturated rings. The molecule has 0 atom stereocenters. The van der Waals surface area contributed by atoms with Gasteiger partial charge in [-0.15, -0.1) is 0 Å². The van der Waals surface area contributed by atoms with Gasteiger partial charge < -0.3 is 14.8 Å². The molecule has 112 valence electrons. The van der Waals surface area contributed by atoms with Crippen LogP contribution in [0.15, 0.2) is 24.3 Å². The number of carbonyl (C=O) groups is 1. The van der Waals surface area contributed by atoms with Gasteiger partial charge in [-0.1, -0.05) is 0 Å². The van der Waals surface area contributed by atoms with E-state index in [1.807, 2.05) is 19.9 Å². The van der Waals surface area contributed by atoms with E-state index >= 15 is 0 Å². The summed E-state index contributed by atoms with van der Waals surface area (Å²) >= 11 is 0. The maximum atomic E-state index is 12.1. The topological polar surface area (TPSA) is 65.4 Å². The molecule has 0 radical (unpaired) electrons. The minimum Gasteiger partial charge on any atom is -0.493 e. The predicted molar refractivity (Wildman–Crippen MR) is 79.9 cm³/mol. The van der Waals surface area contributed by atoms with Crippen molar-refractivity contribution in [1.82, 2.24) is 9.78 Å². The summed E-state index contributed by atoms with van der Waals surface area (Å²) in [6.45, 7) is 3.99. The molecule has 2 aromatic rings. The maximum absolute atomic E-state index is 12.1. The number of benzene rings is 1. The van der Waals surface area contributed by atoms with Crippen molar-refractivity contribution in [2.24, 2.45) is 0 Å². The fourth-order valence-corrected chi connectivity index (χ4v) is 2.09. The average molecular weight is 289 g/mol. The molecule has 1 heterocycles. The lowest BCUT2D eigenvalue weighted by Crippen LogP contribution is -2.20. The monoisotopic (exact) mass is 289 g/mol. The number of rotatable bonds is 5. The molecular formula is C15H19N3O3. The van der Waals surface area contributed by atoms with Gasteiger partial charge in [0.2, 0.25) is 5.91 Å². The van der Waals surface area contributed by atoms with Crippen LogP contribution in [0.3, 0.4) is 0 Å². The lowest BCUT2D eigenvalue weighted by Gasteiger charge is -2.11. The van der Waals surface area contributed by atoms with E-state index in [9.17, 15) is 4.79 Å². The van der Waals surface area contributed by atoms with Gasteiger partial charge in [0, 0.05) is 17.4 Å². The number of methoxy groups -OCH3 is 2. The van der Waals surface area contributed by atoms with E-state index in [2.05, 4.69) is 10.4 Å². The van der Waals surface area contributed by atoms with Crippen molar-refractivity contribution >= 4 is 11.6 Å². The Morgan fingerprint density at radius 3 is 2.48 bits per heavy atom. The largest absolute Gasteiger partial charge is 0.493 e. The third-order valence-electron chi connectivity index (χ3n) is 3.06. The molecule has 0 spiro atoms. The Bertz CT molecular complexity index is 650. The summed E-state index contributed by atoms with van der Waals surface area (Å²) in [5, 5.41) is 7.08. The summed E-state index contributed by atoms with van der Waals surface area (Å²) < 4.78 is 12.0. The van der Waals surface area contributed by atoms with Gasteiger partial charge >= 0.3 is 0 Å². The molecular weight excluding hydrogens is 270 g/mol. The highest BCUT2D eigenvalue weighted by molar-refractivity contribution is 5.90. The number of anilines is 1. The number of carbonyl (C=O) groups excluding carboxylic acids is 1. The molecule has 6 nitrogen and oxygen atoms in total. The number of hydrogen-bond acceptors (Lipinski definition) is 4. The highest BCUT2D eigenvalue weighted by Gasteiger charge is 2.09. The zero-order chi connectivity index (χ0) is 15.4. The minimum atomic E-state index is -0.145. The van der Waals surface area contributed by atoms with Crippen LogP contribution in [-0.4, -0.2) is 29.9 Å². The van der Waals surface area contributed by atoms with Crippen LogP contribution in [0.2, 0.25) is 0 Å². The molecule has 1 amide bonds. The molecule has 0 bridgehead atoms. The number of ether oxygens (including phenoxy) is 2. The molecule has 1 aromatic heterocycles. The first-order chi connectivity index (χ1) is 10.0. The Labute approximate surface area is 123 Å². The van der Waals surface area contributed by atoms with E-state index in [-0.39, 0.29) is 12.5 Å². The van der Waals surface area contributed by atoms with E-state index < -0.39 is 0 Å². The van der Waals surface area contributed by atoms with Crippen molar-refractivity contribution in [2.45, 2.75) is 20.4 Å². The van der Waals surface area contributed by atoms with Gasteiger partial charge in [-0.25, -0.2) is 0 Å². The summed E-state index contributed by atoms with van der Waals surface area (Å²) in [5.74, 6) is 1.05. The van der Waals surface area contributed by atoms with E-state index in [0.717, 1.165) is 11.4 Å². The van der Waals surface area contributed by atoms with Gasteiger partial charge in [0.1, 0.15) is 6.54 Å². The standard InChI is InChI=1S/C15H19N3O3/c1-10-7-11(2)18(17-10)9-15(19)16-12-5-6-13(20-3)14(8-12)21-4/h5-8H,9H2,1-4H3,(H,16,19). The van der Waals surface area contributed by atoms with Gasteiger partial charge in [0.05, 0.1) is 19.9 Å². The summed E-state index contributed by atoms with van der Waals surface area (Å²) in [7, 11) is 3.12. The number of amides is 1. The van der Waals surface area contributed by atoms with E-state index in [1.54, 1.807) is 37.1 Å². The molecule has 0 aliphatic rings. The fraction of sp³-hybridized carbons (Fsp3) is 0.333. The van der Waals surface area contributed by atoms with Crippen LogP contribution in [-0.2, 0) is 11.3 Å². The van der Waals surface area contributed by atoms with Crippen LogP contribution in [0.4, 0.5) is 5.69 Å². The molecule has 1 aromatic carbocycles. The van der Waals surface area contributed by atoms with Crippen molar-refractivity contribution in [3.63, 3.8) is 0 Å². The molecule has 21 heavy (non-hydrogen) atoms. The maximum Gasteiger partial charge on any atom is 0.246 e. The third-order valence-corrected chi connectivity index (χ3v) is 3.06. The number of hydrogen-bond donors (Lipinski definition) is 1. The zero-order valence-electron chi connectivity index (χ0n) is 12.6. The predicted octanol–water partition coefficient (Wildman–Crippen LogP) is 2.16. The Hall–Kier alpha value is -2.50. The SMILES string of the molecule is COc1ccc(NC(=O)Cn2nc(C)cc2C)cc1OC. The smallest absolute Gasteiger partial charge is 0.246 e. The first-order valence-electron chi connectivity index (χ1n) is 6.56. The van der Waals surface area contributed by atoms with E-state index in [0.29, 0.717) is 17.2 Å². The van der Waals surface area contributed by atoms with Crippen LogP contribution in [0.1, 0.15) is 11.4 Å². The number of aromatic nitrogens is 2. The highest BCUT2D eigenvalue weighted by atomic mass is 16.5. The normalized spacial score (nSPS) is 10.3. The molecule has 2 rings (SSSR count). The highest BCUT2D eigenvalue weighted by Crippen LogP contribution is 2.29. The van der Waals surface area contributed by atoms with Gasteiger partial charge in [-0.2, -0.15) is 5.10 Å². The second-order valence-electron chi connectivity index (χ2n) is 4.70. The molecule has 0 aliphatic carbocycles. The number of nitrogens with one attached hydrogen (secondary N) is 1. The fourth-order valence-electron chi connectivity index (χ4n) is 2.09. The minimum absolute atomic E-state index is 0.145. The Balaban J connectivity index is 2.07. The summed E-state index contributed by atoms with van der Waals surface area (Å²) in [6, 6.07) is 7.17. The van der Waals surface area contributed by atoms with Crippen LogP contribution in [0, 0.1) is 13.8 Å². The zero-order valence-corrected chi connectivity index (χ0v) is 12.6. The van der Waals surface area contributed by atoms with Gasteiger partial charge in [-0.3, -0.25) is 9.48 Å². The lowest BCUT2D eigenvalue weighted by atomic mass is 10.2. The Kier molecular flexibility index (Phi) is 4.47. The van der Waals surface area contributed by atoms with Crippen molar-refractivity contribution in [3.8, 4) is 11.5 Å². The molecule has 0 saturated carbocycles. The molecule has 0 aliphatic heterocycles. The molecule has 1 N–H and O–H groups in total. The molecule has 0 saturated heterocycles.